The maximum absolute atomic E-state index is 11.9. The van der Waals surface area contributed by atoms with Crippen molar-refractivity contribution in [1.82, 2.24) is 4.90 Å². The van der Waals surface area contributed by atoms with Gasteiger partial charge in [0, 0.05) is 13.1 Å². The van der Waals surface area contributed by atoms with Gasteiger partial charge in [0.1, 0.15) is 5.75 Å². The highest BCUT2D eigenvalue weighted by Crippen LogP contribution is 2.35. The molecule has 1 aromatic carbocycles. The van der Waals surface area contributed by atoms with E-state index in [1.54, 1.807) is 11.9 Å². The number of carboxylic acid groups (broad SMARTS) is 1. The summed E-state index contributed by atoms with van der Waals surface area (Å²) in [7, 11) is 1.76. The minimum Gasteiger partial charge on any atom is -0.481 e. The fraction of sp³-hybridized carbons (Fsp3) is 0.385. The average molecular weight is 407 g/mol. The zero-order chi connectivity index (χ0) is 14.9. The molecule has 1 aliphatic carbocycles. The lowest BCUT2D eigenvalue weighted by Gasteiger charge is -2.17. The smallest absolute Gasteiger partial charge is 0.335 e. The number of benzene rings is 1. The van der Waals surface area contributed by atoms with Gasteiger partial charge < -0.3 is 14.7 Å². The number of rotatable bonds is 5. The predicted octanol–water partition coefficient (Wildman–Crippen LogP) is 2.91. The van der Waals surface area contributed by atoms with Crippen molar-refractivity contribution in [2.45, 2.75) is 18.9 Å². The van der Waals surface area contributed by atoms with Crippen LogP contribution in [0.1, 0.15) is 23.2 Å². The zero-order valence-corrected chi connectivity index (χ0v) is 13.9. The van der Waals surface area contributed by atoms with E-state index in [-0.39, 0.29) is 18.1 Å². The van der Waals surface area contributed by atoms with E-state index in [0.29, 0.717) is 20.7 Å². The fourth-order valence-electron chi connectivity index (χ4n) is 1.72. The molecular formula is C13H13Br2NO4. The van der Waals surface area contributed by atoms with E-state index < -0.39 is 5.97 Å². The third kappa shape index (κ3) is 3.52. The molecule has 1 aromatic rings. The summed E-state index contributed by atoms with van der Waals surface area (Å²) in [6.07, 6.45) is 2.09. The Balaban J connectivity index is 2.05. The summed E-state index contributed by atoms with van der Waals surface area (Å²) < 4.78 is 6.47. The molecule has 1 N–H and O–H groups in total. The highest BCUT2D eigenvalue weighted by atomic mass is 79.9. The van der Waals surface area contributed by atoms with Gasteiger partial charge in [-0.05, 0) is 56.8 Å². The first-order chi connectivity index (χ1) is 9.40. The number of hydrogen-bond donors (Lipinski definition) is 1. The Labute approximate surface area is 133 Å². The van der Waals surface area contributed by atoms with E-state index in [1.165, 1.54) is 12.1 Å². The molecule has 0 radical (unpaired) electrons. The molecule has 1 saturated carbocycles. The second-order valence-corrected chi connectivity index (χ2v) is 6.31. The van der Waals surface area contributed by atoms with Gasteiger partial charge in [0.05, 0.1) is 14.5 Å². The number of ether oxygens (including phenoxy) is 1. The van der Waals surface area contributed by atoms with Gasteiger partial charge in [-0.25, -0.2) is 4.79 Å². The lowest BCUT2D eigenvalue weighted by atomic mass is 10.2. The van der Waals surface area contributed by atoms with Crippen molar-refractivity contribution in [2.75, 3.05) is 13.7 Å². The first kappa shape index (κ1) is 15.3. The second kappa shape index (κ2) is 6.13. The van der Waals surface area contributed by atoms with Crippen molar-refractivity contribution in [3.63, 3.8) is 0 Å². The van der Waals surface area contributed by atoms with Gasteiger partial charge in [-0.3, -0.25) is 4.79 Å². The Bertz CT molecular complexity index is 534. The van der Waals surface area contributed by atoms with Crippen molar-refractivity contribution in [1.29, 1.82) is 0 Å². The summed E-state index contributed by atoms with van der Waals surface area (Å²) in [6.45, 7) is -0.0728. The molecule has 0 aliphatic heterocycles. The molecule has 0 heterocycles. The molecule has 2 rings (SSSR count). The topological polar surface area (TPSA) is 66.8 Å². The van der Waals surface area contributed by atoms with E-state index in [0.717, 1.165) is 12.8 Å². The highest BCUT2D eigenvalue weighted by molar-refractivity contribution is 9.11. The predicted molar refractivity (Wildman–Crippen MR) is 80.1 cm³/mol. The molecule has 108 valence electrons. The molecule has 0 unspecified atom stereocenters. The van der Waals surface area contributed by atoms with Crippen LogP contribution in [0.4, 0.5) is 0 Å². The number of amides is 1. The molecule has 0 bridgehead atoms. The van der Waals surface area contributed by atoms with Crippen LogP contribution in [-0.4, -0.2) is 41.6 Å². The Hall–Kier alpha value is -1.08. The summed E-state index contributed by atoms with van der Waals surface area (Å²) >= 11 is 6.50. The Morgan fingerprint density at radius 3 is 2.35 bits per heavy atom. The lowest BCUT2D eigenvalue weighted by molar-refractivity contribution is -0.132. The third-order valence-corrected chi connectivity index (χ3v) is 4.25. The number of carbonyl (C=O) groups is 2. The first-order valence-corrected chi connectivity index (χ1v) is 7.59. The standard InChI is InChI=1S/C13H13Br2NO4/c1-16(8-2-3-8)11(17)6-20-12-9(14)4-7(13(18)19)5-10(12)15/h4-5,8H,2-3,6H2,1H3,(H,18,19). The first-order valence-electron chi connectivity index (χ1n) is 6.01. The Morgan fingerprint density at radius 1 is 1.35 bits per heavy atom. The molecule has 0 aromatic heterocycles. The summed E-state index contributed by atoms with van der Waals surface area (Å²) in [6, 6.07) is 3.22. The molecule has 1 fully saturated rings. The van der Waals surface area contributed by atoms with Gasteiger partial charge >= 0.3 is 5.97 Å². The van der Waals surface area contributed by atoms with Crippen molar-refractivity contribution >= 4 is 43.7 Å². The number of nitrogens with zero attached hydrogens (tertiary/aromatic N) is 1. The molecule has 20 heavy (non-hydrogen) atoms. The maximum atomic E-state index is 11.9. The van der Waals surface area contributed by atoms with Crippen molar-refractivity contribution in [3.8, 4) is 5.75 Å². The van der Waals surface area contributed by atoms with Crippen LogP contribution in [0.5, 0.6) is 5.75 Å². The zero-order valence-electron chi connectivity index (χ0n) is 10.7. The number of likely N-dealkylation sites (N-methyl/N-ethyl adjacent to an activating group) is 1. The van der Waals surface area contributed by atoms with Crippen LogP contribution in [0.15, 0.2) is 21.1 Å². The number of carboxylic acids is 1. The minimum atomic E-state index is -1.03. The molecule has 0 saturated heterocycles. The molecule has 5 nitrogen and oxygen atoms in total. The van der Waals surface area contributed by atoms with Crippen molar-refractivity contribution in [2.24, 2.45) is 0 Å². The molecule has 1 amide bonds. The van der Waals surface area contributed by atoms with Crippen LogP contribution >= 0.6 is 31.9 Å². The van der Waals surface area contributed by atoms with E-state index >= 15 is 0 Å². The number of carbonyl (C=O) groups excluding carboxylic acids is 1. The normalized spacial score (nSPS) is 13.9. The summed E-state index contributed by atoms with van der Waals surface area (Å²) in [4.78, 5) is 24.5. The van der Waals surface area contributed by atoms with Gasteiger partial charge in [0.2, 0.25) is 0 Å². The fourth-order valence-corrected chi connectivity index (χ4v) is 3.14. The van der Waals surface area contributed by atoms with E-state index in [4.69, 9.17) is 9.84 Å². The minimum absolute atomic E-state index is 0.0728. The average Bonchev–Trinajstić information content (AvgIpc) is 3.20. The lowest BCUT2D eigenvalue weighted by Crippen LogP contribution is -2.33. The summed E-state index contributed by atoms with van der Waals surface area (Å²) in [5.41, 5.74) is 0.137. The van der Waals surface area contributed by atoms with Gasteiger partial charge in [0.15, 0.2) is 6.61 Å². The second-order valence-electron chi connectivity index (χ2n) is 4.60. The summed E-state index contributed by atoms with van der Waals surface area (Å²) in [5.74, 6) is -0.691. The van der Waals surface area contributed by atoms with Gasteiger partial charge in [0.25, 0.3) is 5.91 Å². The van der Waals surface area contributed by atoms with Crippen LogP contribution in [0.25, 0.3) is 0 Å². The Kier molecular flexibility index (Phi) is 4.70. The van der Waals surface area contributed by atoms with E-state index in [1.807, 2.05) is 0 Å². The molecule has 0 atom stereocenters. The number of halogens is 2. The summed E-state index contributed by atoms with van der Waals surface area (Å²) in [5, 5.41) is 8.94. The van der Waals surface area contributed by atoms with Gasteiger partial charge in [-0.1, -0.05) is 0 Å². The van der Waals surface area contributed by atoms with Crippen LogP contribution < -0.4 is 4.74 Å². The van der Waals surface area contributed by atoms with Gasteiger partial charge in [-0.2, -0.15) is 0 Å². The van der Waals surface area contributed by atoms with Crippen molar-refractivity contribution < 1.29 is 19.4 Å². The van der Waals surface area contributed by atoms with Crippen LogP contribution in [-0.2, 0) is 4.79 Å². The van der Waals surface area contributed by atoms with Crippen LogP contribution in [0, 0.1) is 0 Å². The monoisotopic (exact) mass is 405 g/mol. The number of hydrogen-bond acceptors (Lipinski definition) is 3. The quantitative estimate of drug-likeness (QED) is 0.816. The third-order valence-electron chi connectivity index (χ3n) is 3.07. The largest absolute Gasteiger partial charge is 0.481 e. The van der Waals surface area contributed by atoms with E-state index in [9.17, 15) is 9.59 Å². The van der Waals surface area contributed by atoms with Gasteiger partial charge in [-0.15, -0.1) is 0 Å². The van der Waals surface area contributed by atoms with Crippen molar-refractivity contribution in [3.05, 3.63) is 26.6 Å². The Morgan fingerprint density at radius 2 is 1.90 bits per heavy atom. The SMILES string of the molecule is CN(C(=O)COc1c(Br)cc(C(=O)O)cc1Br)C1CC1. The van der Waals surface area contributed by atoms with Crippen LogP contribution in [0.3, 0.4) is 0 Å². The highest BCUT2D eigenvalue weighted by Gasteiger charge is 2.29. The molecule has 1 aliphatic rings. The maximum Gasteiger partial charge on any atom is 0.335 e. The number of aromatic carboxylic acids is 1. The molecule has 0 spiro atoms. The van der Waals surface area contributed by atoms with E-state index in [2.05, 4.69) is 31.9 Å². The molecular weight excluding hydrogens is 394 g/mol. The van der Waals surface area contributed by atoms with Crippen LogP contribution in [0.2, 0.25) is 0 Å². The molecule has 7 heteroatoms.